The van der Waals surface area contributed by atoms with Crippen molar-refractivity contribution in [1.29, 1.82) is 0 Å². The van der Waals surface area contributed by atoms with Crippen LogP contribution in [0.2, 0.25) is 0 Å². The van der Waals surface area contributed by atoms with E-state index in [0.717, 1.165) is 25.3 Å². The highest BCUT2D eigenvalue weighted by Gasteiger charge is 2.55. The molecule has 4 fully saturated rings. The third-order valence-electron chi connectivity index (χ3n) is 6.68. The molecule has 7 nitrogen and oxygen atoms in total. The molecule has 1 aromatic carbocycles. The van der Waals surface area contributed by atoms with Gasteiger partial charge in [-0.05, 0) is 75.3 Å². The normalized spacial score (nSPS) is 32.1. The van der Waals surface area contributed by atoms with Crippen LogP contribution in [-0.2, 0) is 9.53 Å². The van der Waals surface area contributed by atoms with Gasteiger partial charge in [-0.2, -0.15) is 0 Å². The van der Waals surface area contributed by atoms with E-state index in [1.54, 1.807) is 6.92 Å². The maximum Gasteiger partial charge on any atom is 0.339 e. The summed E-state index contributed by atoms with van der Waals surface area (Å²) in [5.41, 5.74) is 4.88. The number of nitrogen functional groups attached to an aromatic ring is 1. The minimum atomic E-state index is -0.856. The molecule has 0 spiro atoms. The summed E-state index contributed by atoms with van der Waals surface area (Å²) in [7, 11) is 0. The number of ketones is 1. The summed E-state index contributed by atoms with van der Waals surface area (Å²) < 4.78 is 5.41. The molecule has 4 aliphatic carbocycles. The molecular weight excluding hydrogens is 348 g/mol. The number of anilines is 1. The molecule has 0 saturated heterocycles. The first-order valence-electron chi connectivity index (χ1n) is 9.56. The van der Waals surface area contributed by atoms with E-state index < -0.39 is 17.0 Å². The van der Waals surface area contributed by atoms with Crippen LogP contribution in [-0.4, -0.2) is 22.8 Å². The maximum absolute atomic E-state index is 13.2. The van der Waals surface area contributed by atoms with Crippen LogP contribution in [0, 0.1) is 33.3 Å². The Balaban J connectivity index is 1.48. The second-order valence-corrected chi connectivity index (χ2v) is 8.64. The molecule has 4 saturated carbocycles. The Labute approximate surface area is 157 Å². The van der Waals surface area contributed by atoms with Gasteiger partial charge in [-0.25, -0.2) is 4.79 Å². The highest BCUT2D eigenvalue weighted by molar-refractivity contribution is 5.95. The number of esters is 1. The second-order valence-electron chi connectivity index (χ2n) is 8.64. The number of nitro groups is 1. The maximum atomic E-state index is 13.2. The number of benzene rings is 1. The first kappa shape index (κ1) is 17.9. The van der Waals surface area contributed by atoms with Crippen LogP contribution in [0.1, 0.15) is 55.8 Å². The number of Topliss-reactive ketones (excluding diaryl/α,β-unsaturated/α-hetero) is 1. The molecule has 0 unspecified atom stereocenters. The van der Waals surface area contributed by atoms with Gasteiger partial charge in [0.25, 0.3) is 5.69 Å². The zero-order valence-corrected chi connectivity index (χ0v) is 15.3. The number of nitro benzene ring substituents is 1. The molecule has 0 heterocycles. The third-order valence-corrected chi connectivity index (χ3v) is 6.68. The van der Waals surface area contributed by atoms with Crippen molar-refractivity contribution in [3.05, 3.63) is 33.9 Å². The van der Waals surface area contributed by atoms with Crippen molar-refractivity contribution in [1.82, 2.24) is 0 Å². The largest absolute Gasteiger partial charge is 0.451 e. The van der Waals surface area contributed by atoms with Gasteiger partial charge in [-0.15, -0.1) is 0 Å². The fourth-order valence-electron chi connectivity index (χ4n) is 5.95. The molecule has 2 N–H and O–H groups in total. The van der Waals surface area contributed by atoms with Gasteiger partial charge in [-0.3, -0.25) is 14.9 Å². The first-order chi connectivity index (χ1) is 12.8. The van der Waals surface area contributed by atoms with E-state index in [2.05, 4.69) is 0 Å². The van der Waals surface area contributed by atoms with Gasteiger partial charge in [0.2, 0.25) is 0 Å². The van der Waals surface area contributed by atoms with E-state index >= 15 is 0 Å². The van der Waals surface area contributed by atoms with E-state index in [1.807, 2.05) is 0 Å². The number of carbonyl (C=O) groups excluding carboxylic acids is 2. The van der Waals surface area contributed by atoms with Crippen molar-refractivity contribution in [2.45, 2.75) is 51.6 Å². The SMILES string of the molecule is C[C@H](OC(=O)c1ccc(N)c([N+](=O)[O-])c1)C(=O)C12CC3CC(CC(C3)C1)C2. The summed E-state index contributed by atoms with van der Waals surface area (Å²) in [6.07, 6.45) is 5.57. The number of rotatable bonds is 5. The van der Waals surface area contributed by atoms with E-state index in [4.69, 9.17) is 10.5 Å². The zero-order valence-electron chi connectivity index (χ0n) is 15.3. The Hall–Kier alpha value is -2.44. The minimum Gasteiger partial charge on any atom is -0.451 e. The molecule has 1 aromatic rings. The van der Waals surface area contributed by atoms with Gasteiger partial charge in [0.05, 0.1) is 10.5 Å². The van der Waals surface area contributed by atoms with Crippen LogP contribution in [0.4, 0.5) is 11.4 Å². The second kappa shape index (κ2) is 6.32. The number of carbonyl (C=O) groups is 2. The Morgan fingerprint density at radius 1 is 1.19 bits per heavy atom. The lowest BCUT2D eigenvalue weighted by Gasteiger charge is -2.56. The highest BCUT2D eigenvalue weighted by Crippen LogP contribution is 2.60. The van der Waals surface area contributed by atoms with Crippen LogP contribution in [0.3, 0.4) is 0 Å². The summed E-state index contributed by atoms with van der Waals surface area (Å²) in [4.78, 5) is 36.0. The van der Waals surface area contributed by atoms with Crippen molar-refractivity contribution in [2.75, 3.05) is 5.73 Å². The van der Waals surface area contributed by atoms with Crippen LogP contribution < -0.4 is 5.73 Å². The molecular formula is C20H24N2O5. The first-order valence-corrected chi connectivity index (χ1v) is 9.56. The fraction of sp³-hybridized carbons (Fsp3) is 0.600. The molecule has 27 heavy (non-hydrogen) atoms. The van der Waals surface area contributed by atoms with E-state index in [0.29, 0.717) is 17.8 Å². The molecule has 0 radical (unpaired) electrons. The van der Waals surface area contributed by atoms with Crippen molar-refractivity contribution in [2.24, 2.45) is 23.2 Å². The zero-order chi connectivity index (χ0) is 19.3. The lowest BCUT2D eigenvalue weighted by atomic mass is 9.48. The van der Waals surface area contributed by atoms with Gasteiger partial charge in [0, 0.05) is 11.5 Å². The minimum absolute atomic E-state index is 0.0138. The highest BCUT2D eigenvalue weighted by atomic mass is 16.6. The molecule has 144 valence electrons. The quantitative estimate of drug-likeness (QED) is 0.366. The van der Waals surface area contributed by atoms with Crippen LogP contribution in [0.5, 0.6) is 0 Å². The van der Waals surface area contributed by atoms with Crippen molar-refractivity contribution in [3.8, 4) is 0 Å². The lowest BCUT2D eigenvalue weighted by Crippen LogP contribution is -2.52. The topological polar surface area (TPSA) is 113 Å². The molecule has 7 heteroatoms. The van der Waals surface area contributed by atoms with Gasteiger partial charge in [0.15, 0.2) is 11.9 Å². The van der Waals surface area contributed by atoms with Crippen LogP contribution >= 0.6 is 0 Å². The summed E-state index contributed by atoms with van der Waals surface area (Å²) >= 11 is 0. The molecule has 1 atom stereocenters. The van der Waals surface area contributed by atoms with Gasteiger partial charge in [-0.1, -0.05) is 0 Å². The van der Waals surface area contributed by atoms with E-state index in [1.165, 1.54) is 31.4 Å². The Bertz CT molecular complexity index is 783. The average Bonchev–Trinajstić information content (AvgIpc) is 2.59. The van der Waals surface area contributed by atoms with E-state index in [-0.39, 0.29) is 28.1 Å². The van der Waals surface area contributed by atoms with Crippen molar-refractivity contribution in [3.63, 3.8) is 0 Å². The van der Waals surface area contributed by atoms with Crippen LogP contribution in [0.15, 0.2) is 18.2 Å². The molecule has 4 bridgehead atoms. The summed E-state index contributed by atoms with van der Waals surface area (Å²) in [6, 6.07) is 3.78. The Kier molecular flexibility index (Phi) is 4.20. The number of nitrogens with two attached hydrogens (primary N) is 1. The number of nitrogens with zero attached hydrogens (tertiary/aromatic N) is 1. The van der Waals surface area contributed by atoms with Crippen LogP contribution in [0.25, 0.3) is 0 Å². The summed E-state index contributed by atoms with van der Waals surface area (Å²) in [5, 5.41) is 11.0. The number of hydrogen-bond donors (Lipinski definition) is 1. The standard InChI is InChI=1S/C20H24N2O5/c1-11(27-19(24)15-2-3-16(21)17(7-15)22(25)26)18(23)20-8-12-4-13(9-20)6-14(5-12)10-20/h2-3,7,11-14H,4-6,8-10,21H2,1H3/t11-,12?,13?,14?,20?/m0/s1. The lowest BCUT2D eigenvalue weighted by molar-refractivity contribution is -0.383. The average molecular weight is 372 g/mol. The van der Waals surface area contributed by atoms with E-state index in [9.17, 15) is 19.7 Å². The predicted octanol–water partition coefficient (Wildman–Crippen LogP) is 3.51. The summed E-state index contributed by atoms with van der Waals surface area (Å²) in [6.45, 7) is 1.62. The molecule has 0 amide bonds. The van der Waals surface area contributed by atoms with Crippen molar-refractivity contribution < 1.29 is 19.2 Å². The monoisotopic (exact) mass is 372 g/mol. The van der Waals surface area contributed by atoms with Crippen molar-refractivity contribution >= 4 is 23.1 Å². The predicted molar refractivity (Wildman–Crippen MR) is 98.0 cm³/mol. The summed E-state index contributed by atoms with van der Waals surface area (Å²) in [5.74, 6) is 1.16. The van der Waals surface area contributed by atoms with Gasteiger partial charge in [0.1, 0.15) is 5.69 Å². The molecule has 0 aliphatic heterocycles. The molecule has 0 aromatic heterocycles. The number of hydrogen-bond acceptors (Lipinski definition) is 6. The molecule has 4 aliphatic rings. The number of ether oxygens (including phenoxy) is 1. The van der Waals surface area contributed by atoms with Gasteiger partial charge >= 0.3 is 5.97 Å². The Morgan fingerprint density at radius 2 is 1.74 bits per heavy atom. The molecule has 5 rings (SSSR count). The third kappa shape index (κ3) is 3.09. The van der Waals surface area contributed by atoms with Gasteiger partial charge < -0.3 is 10.5 Å². The fourth-order valence-corrected chi connectivity index (χ4v) is 5.95. The Morgan fingerprint density at radius 3 is 2.26 bits per heavy atom. The smallest absolute Gasteiger partial charge is 0.339 e.